The molecule has 4 N–H and O–H groups in total. The molecule has 4 nitrogen and oxygen atoms in total. The summed E-state index contributed by atoms with van der Waals surface area (Å²) < 4.78 is 26.3. The second-order valence-corrected chi connectivity index (χ2v) is 4.61. The van der Waals surface area contributed by atoms with Crippen molar-refractivity contribution < 1.29 is 13.6 Å². The Morgan fingerprint density at radius 2 is 1.95 bits per heavy atom. The van der Waals surface area contributed by atoms with Gasteiger partial charge < -0.3 is 10.7 Å². The third-order valence-electron chi connectivity index (χ3n) is 3.03. The van der Waals surface area contributed by atoms with Crippen molar-refractivity contribution in [2.75, 3.05) is 5.43 Å². The van der Waals surface area contributed by atoms with E-state index in [1.165, 1.54) is 6.07 Å². The monoisotopic (exact) mass is 291 g/mol. The van der Waals surface area contributed by atoms with E-state index >= 15 is 0 Å². The van der Waals surface area contributed by atoms with Crippen LogP contribution in [0.15, 0.2) is 36.4 Å². The number of nitrogens with one attached hydrogen (secondary N) is 2. The maximum atomic E-state index is 13.5. The normalized spacial score (nSPS) is 10.3. The number of hydrogen-bond donors (Lipinski definition) is 3. The number of hydrogen-bond acceptors (Lipinski definition) is 3. The SMILES string of the molecule is Cc1ccc(NN)c(C(=O)NCc2ccc(F)cc2F)c1. The summed E-state index contributed by atoms with van der Waals surface area (Å²) >= 11 is 0. The fourth-order valence-corrected chi connectivity index (χ4v) is 1.91. The van der Waals surface area contributed by atoms with Crippen LogP contribution in [0.2, 0.25) is 0 Å². The lowest BCUT2D eigenvalue weighted by Gasteiger charge is -2.11. The number of nitrogens with two attached hydrogens (primary N) is 1. The predicted molar refractivity (Wildman–Crippen MR) is 76.5 cm³/mol. The van der Waals surface area contributed by atoms with Gasteiger partial charge in [-0.05, 0) is 25.1 Å². The second kappa shape index (κ2) is 6.32. The van der Waals surface area contributed by atoms with Gasteiger partial charge in [-0.3, -0.25) is 10.6 Å². The molecular formula is C15H15F2N3O. The summed E-state index contributed by atoms with van der Waals surface area (Å²) in [7, 11) is 0. The molecule has 0 fully saturated rings. The van der Waals surface area contributed by atoms with E-state index in [0.717, 1.165) is 17.7 Å². The number of aryl methyl sites for hydroxylation is 1. The van der Waals surface area contributed by atoms with Crippen LogP contribution in [0.4, 0.5) is 14.5 Å². The zero-order chi connectivity index (χ0) is 15.4. The summed E-state index contributed by atoms with van der Waals surface area (Å²) in [6.45, 7) is 1.81. The minimum absolute atomic E-state index is 0.0388. The van der Waals surface area contributed by atoms with Gasteiger partial charge in [0.1, 0.15) is 11.6 Å². The smallest absolute Gasteiger partial charge is 0.253 e. The first kappa shape index (κ1) is 14.9. The van der Waals surface area contributed by atoms with Crippen LogP contribution in [-0.2, 0) is 6.54 Å². The van der Waals surface area contributed by atoms with Crippen molar-refractivity contribution in [1.82, 2.24) is 5.32 Å². The summed E-state index contributed by atoms with van der Waals surface area (Å²) in [6, 6.07) is 8.38. The summed E-state index contributed by atoms with van der Waals surface area (Å²) in [6.07, 6.45) is 0. The van der Waals surface area contributed by atoms with Crippen molar-refractivity contribution >= 4 is 11.6 Å². The first-order valence-electron chi connectivity index (χ1n) is 6.30. The molecule has 0 saturated heterocycles. The molecule has 2 aromatic rings. The first-order chi connectivity index (χ1) is 10.0. The van der Waals surface area contributed by atoms with E-state index in [1.54, 1.807) is 12.1 Å². The van der Waals surface area contributed by atoms with Gasteiger partial charge in [0.05, 0.1) is 11.3 Å². The maximum Gasteiger partial charge on any atom is 0.253 e. The van der Waals surface area contributed by atoms with E-state index in [-0.39, 0.29) is 12.1 Å². The number of anilines is 1. The number of halogens is 2. The van der Waals surface area contributed by atoms with Gasteiger partial charge in [0.15, 0.2) is 0 Å². The van der Waals surface area contributed by atoms with Crippen molar-refractivity contribution in [3.8, 4) is 0 Å². The lowest BCUT2D eigenvalue weighted by atomic mass is 10.1. The average molecular weight is 291 g/mol. The third-order valence-corrected chi connectivity index (χ3v) is 3.03. The minimum Gasteiger partial charge on any atom is -0.348 e. The number of carbonyl (C=O) groups is 1. The summed E-state index contributed by atoms with van der Waals surface area (Å²) in [5, 5.41) is 2.58. The number of nitrogen functional groups attached to an aromatic ring is 1. The topological polar surface area (TPSA) is 67.1 Å². The highest BCUT2D eigenvalue weighted by atomic mass is 19.1. The molecule has 0 aromatic heterocycles. The van der Waals surface area contributed by atoms with Gasteiger partial charge in [-0.1, -0.05) is 17.7 Å². The largest absolute Gasteiger partial charge is 0.348 e. The van der Waals surface area contributed by atoms with E-state index in [9.17, 15) is 13.6 Å². The van der Waals surface area contributed by atoms with E-state index in [1.807, 2.05) is 13.0 Å². The van der Waals surface area contributed by atoms with Crippen molar-refractivity contribution in [3.63, 3.8) is 0 Å². The zero-order valence-electron chi connectivity index (χ0n) is 11.4. The molecular weight excluding hydrogens is 276 g/mol. The maximum absolute atomic E-state index is 13.5. The Kier molecular flexibility index (Phi) is 4.49. The highest BCUT2D eigenvalue weighted by Gasteiger charge is 2.12. The molecule has 0 spiro atoms. The number of carbonyl (C=O) groups excluding carboxylic acids is 1. The summed E-state index contributed by atoms with van der Waals surface area (Å²) in [5.41, 5.74) is 4.37. The van der Waals surface area contributed by atoms with Crippen LogP contribution < -0.4 is 16.6 Å². The third kappa shape index (κ3) is 3.55. The fourth-order valence-electron chi connectivity index (χ4n) is 1.91. The Labute approximate surface area is 120 Å². The molecule has 0 atom stereocenters. The standard InChI is InChI=1S/C15H15F2N3O/c1-9-2-5-14(20-18)12(6-9)15(21)19-8-10-3-4-11(16)7-13(10)17/h2-7,20H,8,18H2,1H3,(H,19,21). The summed E-state index contributed by atoms with van der Waals surface area (Å²) in [4.78, 5) is 12.1. The van der Waals surface area contributed by atoms with Crippen LogP contribution in [0.5, 0.6) is 0 Å². The van der Waals surface area contributed by atoms with Gasteiger partial charge in [-0.15, -0.1) is 0 Å². The Bertz CT molecular complexity index is 674. The van der Waals surface area contributed by atoms with Gasteiger partial charge in [-0.25, -0.2) is 8.78 Å². The van der Waals surface area contributed by atoms with Crippen LogP contribution in [-0.4, -0.2) is 5.91 Å². The van der Waals surface area contributed by atoms with E-state index in [2.05, 4.69) is 10.7 Å². The average Bonchev–Trinajstić information content (AvgIpc) is 2.46. The van der Waals surface area contributed by atoms with Crippen molar-refractivity contribution in [3.05, 3.63) is 64.7 Å². The molecule has 21 heavy (non-hydrogen) atoms. The molecule has 0 aliphatic heterocycles. The lowest BCUT2D eigenvalue weighted by Crippen LogP contribution is -2.25. The molecule has 0 heterocycles. The number of amides is 1. The first-order valence-corrected chi connectivity index (χ1v) is 6.30. The predicted octanol–water partition coefficient (Wildman–Crippen LogP) is 2.49. The molecule has 2 rings (SSSR count). The minimum atomic E-state index is -0.697. The molecule has 0 aliphatic rings. The van der Waals surface area contributed by atoms with Gasteiger partial charge in [0, 0.05) is 18.2 Å². The molecule has 110 valence electrons. The van der Waals surface area contributed by atoms with Crippen LogP contribution in [0.3, 0.4) is 0 Å². The van der Waals surface area contributed by atoms with Crippen molar-refractivity contribution in [1.29, 1.82) is 0 Å². The Morgan fingerprint density at radius 3 is 2.62 bits per heavy atom. The zero-order valence-corrected chi connectivity index (χ0v) is 11.4. The van der Waals surface area contributed by atoms with Crippen LogP contribution in [0, 0.1) is 18.6 Å². The molecule has 0 radical (unpaired) electrons. The van der Waals surface area contributed by atoms with Crippen molar-refractivity contribution in [2.24, 2.45) is 5.84 Å². The van der Waals surface area contributed by atoms with Crippen LogP contribution >= 0.6 is 0 Å². The lowest BCUT2D eigenvalue weighted by molar-refractivity contribution is 0.0951. The molecule has 6 heteroatoms. The molecule has 0 unspecified atom stereocenters. The molecule has 1 amide bonds. The number of hydrazine groups is 1. The fraction of sp³-hybridized carbons (Fsp3) is 0.133. The van der Waals surface area contributed by atoms with Gasteiger partial charge >= 0.3 is 0 Å². The van der Waals surface area contributed by atoms with Crippen LogP contribution in [0.1, 0.15) is 21.5 Å². The quantitative estimate of drug-likeness (QED) is 0.599. The van der Waals surface area contributed by atoms with Crippen molar-refractivity contribution in [2.45, 2.75) is 13.5 Å². The van der Waals surface area contributed by atoms with E-state index < -0.39 is 17.5 Å². The Hall–Kier alpha value is -2.47. The molecule has 0 saturated carbocycles. The number of rotatable bonds is 4. The Balaban J connectivity index is 2.13. The summed E-state index contributed by atoms with van der Waals surface area (Å²) in [5.74, 6) is 3.61. The molecule has 0 bridgehead atoms. The van der Waals surface area contributed by atoms with Gasteiger partial charge in [-0.2, -0.15) is 0 Å². The van der Waals surface area contributed by atoms with Crippen LogP contribution in [0.25, 0.3) is 0 Å². The molecule has 2 aromatic carbocycles. The highest BCUT2D eigenvalue weighted by Crippen LogP contribution is 2.16. The highest BCUT2D eigenvalue weighted by molar-refractivity contribution is 5.99. The Morgan fingerprint density at radius 1 is 1.19 bits per heavy atom. The van der Waals surface area contributed by atoms with E-state index in [4.69, 9.17) is 5.84 Å². The molecule has 0 aliphatic carbocycles. The second-order valence-electron chi connectivity index (χ2n) is 4.61. The van der Waals surface area contributed by atoms with E-state index in [0.29, 0.717) is 11.3 Å². The van der Waals surface area contributed by atoms with Gasteiger partial charge in [0.25, 0.3) is 5.91 Å². The van der Waals surface area contributed by atoms with Gasteiger partial charge in [0.2, 0.25) is 0 Å². The number of benzene rings is 2.